The van der Waals surface area contributed by atoms with Crippen LogP contribution in [0.5, 0.6) is 0 Å². The van der Waals surface area contributed by atoms with Gasteiger partial charge in [-0.05, 0) is 6.92 Å². The van der Waals surface area contributed by atoms with E-state index in [9.17, 15) is 4.79 Å². The third-order valence-electron chi connectivity index (χ3n) is 1.69. The molecule has 1 amide bonds. The van der Waals surface area contributed by atoms with E-state index in [0.29, 0.717) is 13.0 Å². The number of rotatable bonds is 1. The molecule has 0 aromatic carbocycles. The summed E-state index contributed by atoms with van der Waals surface area (Å²) in [5.74, 6) is 0.193. The SMILES string of the molecule is C[C@H](O)C1CNC(=O)C1. The lowest BCUT2D eigenvalue weighted by molar-refractivity contribution is -0.119. The van der Waals surface area contributed by atoms with Crippen LogP contribution in [0.15, 0.2) is 0 Å². The second kappa shape index (κ2) is 2.35. The Hall–Kier alpha value is -0.570. The molecular weight excluding hydrogens is 118 g/mol. The second-order valence-corrected chi connectivity index (χ2v) is 2.51. The Bertz CT molecular complexity index is 122. The van der Waals surface area contributed by atoms with E-state index in [1.165, 1.54) is 0 Å². The molecule has 1 aliphatic heterocycles. The largest absolute Gasteiger partial charge is 0.393 e. The van der Waals surface area contributed by atoms with Crippen LogP contribution >= 0.6 is 0 Å². The molecule has 0 aromatic rings. The van der Waals surface area contributed by atoms with Crippen molar-refractivity contribution in [1.29, 1.82) is 0 Å². The van der Waals surface area contributed by atoms with Crippen LogP contribution in [0.3, 0.4) is 0 Å². The summed E-state index contributed by atoms with van der Waals surface area (Å²) >= 11 is 0. The topological polar surface area (TPSA) is 49.3 Å². The summed E-state index contributed by atoms with van der Waals surface area (Å²) in [5, 5.41) is 11.6. The second-order valence-electron chi connectivity index (χ2n) is 2.51. The zero-order valence-electron chi connectivity index (χ0n) is 5.42. The van der Waals surface area contributed by atoms with Crippen molar-refractivity contribution in [2.75, 3.05) is 6.54 Å². The van der Waals surface area contributed by atoms with Crippen molar-refractivity contribution in [3.63, 3.8) is 0 Å². The Morgan fingerprint density at radius 2 is 2.56 bits per heavy atom. The Morgan fingerprint density at radius 3 is 2.78 bits per heavy atom. The van der Waals surface area contributed by atoms with Gasteiger partial charge in [-0.15, -0.1) is 0 Å². The van der Waals surface area contributed by atoms with Crippen LogP contribution in [0.25, 0.3) is 0 Å². The standard InChI is InChI=1S/C6H11NO2/c1-4(8)5-2-6(9)7-3-5/h4-5,8H,2-3H2,1H3,(H,7,9)/t4-,5?/m0/s1. The molecule has 1 unspecified atom stereocenters. The molecule has 1 rings (SSSR count). The van der Waals surface area contributed by atoms with Gasteiger partial charge >= 0.3 is 0 Å². The number of nitrogens with one attached hydrogen (secondary N) is 1. The minimum Gasteiger partial charge on any atom is -0.393 e. The quantitative estimate of drug-likeness (QED) is 0.501. The molecule has 3 nitrogen and oxygen atoms in total. The number of aliphatic hydroxyl groups is 1. The summed E-state index contributed by atoms with van der Waals surface area (Å²) < 4.78 is 0. The average molecular weight is 129 g/mol. The molecule has 0 spiro atoms. The van der Waals surface area contributed by atoms with Crippen molar-refractivity contribution < 1.29 is 9.90 Å². The van der Waals surface area contributed by atoms with E-state index in [2.05, 4.69) is 5.32 Å². The first-order chi connectivity index (χ1) is 4.20. The Kier molecular flexibility index (Phi) is 1.71. The van der Waals surface area contributed by atoms with Gasteiger partial charge in [-0.1, -0.05) is 0 Å². The number of hydrogen-bond acceptors (Lipinski definition) is 2. The van der Waals surface area contributed by atoms with Crippen molar-refractivity contribution in [1.82, 2.24) is 5.32 Å². The van der Waals surface area contributed by atoms with E-state index in [1.807, 2.05) is 0 Å². The molecule has 0 aliphatic carbocycles. The summed E-state index contributed by atoms with van der Waals surface area (Å²) in [7, 11) is 0. The van der Waals surface area contributed by atoms with Gasteiger partial charge in [0.1, 0.15) is 0 Å². The first-order valence-electron chi connectivity index (χ1n) is 3.15. The van der Waals surface area contributed by atoms with Crippen LogP contribution in [-0.2, 0) is 4.79 Å². The molecule has 2 atom stereocenters. The van der Waals surface area contributed by atoms with Gasteiger partial charge in [0.25, 0.3) is 0 Å². The summed E-state index contributed by atoms with van der Waals surface area (Å²) in [6, 6.07) is 0. The van der Waals surface area contributed by atoms with Crippen molar-refractivity contribution in [2.24, 2.45) is 5.92 Å². The Morgan fingerprint density at radius 1 is 1.89 bits per heavy atom. The van der Waals surface area contributed by atoms with Crippen LogP contribution in [0.1, 0.15) is 13.3 Å². The van der Waals surface area contributed by atoms with Crippen LogP contribution in [0, 0.1) is 5.92 Å². The van der Waals surface area contributed by atoms with Crippen molar-refractivity contribution in [2.45, 2.75) is 19.4 Å². The summed E-state index contributed by atoms with van der Waals surface area (Å²) in [5.41, 5.74) is 0. The monoisotopic (exact) mass is 129 g/mol. The molecule has 0 saturated carbocycles. The maximum atomic E-state index is 10.5. The molecule has 9 heavy (non-hydrogen) atoms. The van der Waals surface area contributed by atoms with Crippen LogP contribution < -0.4 is 5.32 Å². The maximum absolute atomic E-state index is 10.5. The fraction of sp³-hybridized carbons (Fsp3) is 0.833. The highest BCUT2D eigenvalue weighted by Gasteiger charge is 2.24. The van der Waals surface area contributed by atoms with Gasteiger partial charge in [-0.3, -0.25) is 4.79 Å². The predicted molar refractivity (Wildman–Crippen MR) is 32.8 cm³/mol. The molecule has 1 fully saturated rings. The van der Waals surface area contributed by atoms with Crippen LogP contribution in [-0.4, -0.2) is 23.7 Å². The molecule has 1 aliphatic rings. The minimum atomic E-state index is -0.357. The molecule has 0 bridgehead atoms. The van der Waals surface area contributed by atoms with Crippen molar-refractivity contribution in [3.8, 4) is 0 Å². The number of aliphatic hydroxyl groups excluding tert-OH is 1. The van der Waals surface area contributed by atoms with Gasteiger partial charge < -0.3 is 10.4 Å². The fourth-order valence-electron chi connectivity index (χ4n) is 0.969. The normalized spacial score (nSPS) is 30.0. The van der Waals surface area contributed by atoms with E-state index in [-0.39, 0.29) is 17.9 Å². The lowest BCUT2D eigenvalue weighted by atomic mass is 10.0. The molecule has 1 saturated heterocycles. The Labute approximate surface area is 54.1 Å². The Balaban J connectivity index is 2.39. The highest BCUT2D eigenvalue weighted by Crippen LogP contribution is 2.12. The maximum Gasteiger partial charge on any atom is 0.220 e. The van der Waals surface area contributed by atoms with Crippen molar-refractivity contribution in [3.05, 3.63) is 0 Å². The van der Waals surface area contributed by atoms with E-state index in [0.717, 1.165) is 0 Å². The summed E-state index contributed by atoms with van der Waals surface area (Å²) in [6.07, 6.45) is 0.126. The number of amides is 1. The molecule has 3 heteroatoms. The molecule has 2 N–H and O–H groups in total. The van der Waals surface area contributed by atoms with E-state index >= 15 is 0 Å². The summed E-state index contributed by atoms with van der Waals surface area (Å²) in [4.78, 5) is 10.5. The zero-order valence-corrected chi connectivity index (χ0v) is 5.42. The third kappa shape index (κ3) is 1.42. The lowest BCUT2D eigenvalue weighted by Gasteiger charge is -2.08. The lowest BCUT2D eigenvalue weighted by Crippen LogP contribution is -2.19. The highest BCUT2D eigenvalue weighted by molar-refractivity contribution is 5.78. The molecule has 52 valence electrons. The average Bonchev–Trinajstić information content (AvgIpc) is 2.14. The minimum absolute atomic E-state index is 0.0564. The van der Waals surface area contributed by atoms with Gasteiger partial charge in [-0.25, -0.2) is 0 Å². The smallest absolute Gasteiger partial charge is 0.220 e. The summed E-state index contributed by atoms with van der Waals surface area (Å²) in [6.45, 7) is 2.35. The number of carbonyl (C=O) groups excluding carboxylic acids is 1. The number of hydrogen-bond donors (Lipinski definition) is 2. The molecule has 0 aromatic heterocycles. The van der Waals surface area contributed by atoms with Crippen molar-refractivity contribution >= 4 is 5.91 Å². The van der Waals surface area contributed by atoms with Gasteiger partial charge in [0.2, 0.25) is 5.91 Å². The molecular formula is C6H11NO2. The number of carbonyl (C=O) groups is 1. The van der Waals surface area contributed by atoms with E-state index < -0.39 is 0 Å². The molecule has 0 radical (unpaired) electrons. The van der Waals surface area contributed by atoms with Gasteiger partial charge in [0, 0.05) is 18.9 Å². The third-order valence-corrected chi connectivity index (χ3v) is 1.69. The van der Waals surface area contributed by atoms with Gasteiger partial charge in [0.15, 0.2) is 0 Å². The zero-order chi connectivity index (χ0) is 6.85. The first kappa shape index (κ1) is 6.55. The van der Waals surface area contributed by atoms with Gasteiger partial charge in [-0.2, -0.15) is 0 Å². The predicted octanol–water partition coefficient (Wildman–Crippen LogP) is -0.497. The van der Waals surface area contributed by atoms with Gasteiger partial charge in [0.05, 0.1) is 6.10 Å². The van der Waals surface area contributed by atoms with Crippen LogP contribution in [0.2, 0.25) is 0 Å². The van der Waals surface area contributed by atoms with Crippen LogP contribution in [0.4, 0.5) is 0 Å². The fourth-order valence-corrected chi connectivity index (χ4v) is 0.969. The molecule has 1 heterocycles. The highest BCUT2D eigenvalue weighted by atomic mass is 16.3. The van der Waals surface area contributed by atoms with E-state index in [1.54, 1.807) is 6.92 Å². The first-order valence-corrected chi connectivity index (χ1v) is 3.15. The van der Waals surface area contributed by atoms with E-state index in [4.69, 9.17) is 5.11 Å².